The maximum atomic E-state index is 6.36. The van der Waals surface area contributed by atoms with Gasteiger partial charge in [0.2, 0.25) is 5.95 Å². The average molecular weight is 513 g/mol. The fourth-order valence-electron chi connectivity index (χ4n) is 5.88. The van der Waals surface area contributed by atoms with E-state index >= 15 is 0 Å². The highest BCUT2D eigenvalue weighted by Gasteiger charge is 2.34. The van der Waals surface area contributed by atoms with Crippen molar-refractivity contribution in [2.45, 2.75) is 69.6 Å². The van der Waals surface area contributed by atoms with E-state index in [1.54, 1.807) is 0 Å². The zero-order valence-corrected chi connectivity index (χ0v) is 22.1. The Morgan fingerprint density at radius 2 is 1.46 bits per heavy atom. The van der Waals surface area contributed by atoms with Crippen LogP contribution in [0, 0.1) is 0 Å². The molecule has 35 heavy (non-hydrogen) atoms. The first kappa shape index (κ1) is 24.6. The minimum absolute atomic E-state index is 0.0477. The van der Waals surface area contributed by atoms with Gasteiger partial charge in [-0.3, -0.25) is 0 Å². The van der Waals surface area contributed by atoms with Crippen LogP contribution in [0.1, 0.15) is 69.8 Å². The van der Waals surface area contributed by atoms with Crippen LogP contribution < -0.4 is 20.4 Å². The van der Waals surface area contributed by atoms with Gasteiger partial charge in [-0.05, 0) is 74.9 Å². The van der Waals surface area contributed by atoms with E-state index in [0.29, 0.717) is 11.1 Å². The van der Waals surface area contributed by atoms with E-state index in [9.17, 15) is 0 Å². The Morgan fingerprint density at radius 3 is 2.09 bits per heavy atom. The molecule has 2 N–H and O–H groups in total. The van der Waals surface area contributed by atoms with Crippen molar-refractivity contribution in [2.75, 3.05) is 47.8 Å². The van der Waals surface area contributed by atoms with Crippen molar-refractivity contribution in [3.8, 4) is 0 Å². The van der Waals surface area contributed by atoms with Crippen LogP contribution in [0.4, 0.5) is 17.6 Å². The highest BCUT2D eigenvalue weighted by Crippen LogP contribution is 2.39. The van der Waals surface area contributed by atoms with Crippen LogP contribution in [-0.4, -0.2) is 47.8 Å². The van der Waals surface area contributed by atoms with Gasteiger partial charge in [0.25, 0.3) is 0 Å². The lowest BCUT2D eigenvalue weighted by Crippen LogP contribution is -2.43. The Labute approximate surface area is 219 Å². The Kier molecular flexibility index (Phi) is 7.93. The fourth-order valence-corrected chi connectivity index (χ4v) is 6.23. The molecule has 2 saturated heterocycles. The van der Waals surface area contributed by atoms with Gasteiger partial charge in [-0.2, -0.15) is 9.97 Å². The smallest absolute Gasteiger partial charge is 0.232 e. The summed E-state index contributed by atoms with van der Waals surface area (Å²) >= 11 is 12.1. The highest BCUT2D eigenvalue weighted by atomic mass is 35.5. The predicted octanol–water partition coefficient (Wildman–Crippen LogP) is 5.91. The number of nitrogens with zero attached hydrogens (tertiary/aromatic N) is 4. The minimum atomic E-state index is 0.0477. The van der Waals surface area contributed by atoms with E-state index in [1.807, 2.05) is 6.07 Å². The topological polar surface area (TPSA) is 56.3 Å². The number of anilines is 3. The summed E-state index contributed by atoms with van der Waals surface area (Å²) in [6.45, 7) is 5.01. The minimum Gasteiger partial charge on any atom is -0.361 e. The summed E-state index contributed by atoms with van der Waals surface area (Å²) in [5.41, 5.74) is 1.35. The van der Waals surface area contributed by atoms with Gasteiger partial charge in [0, 0.05) is 49.2 Å². The van der Waals surface area contributed by atoms with Gasteiger partial charge in [-0.15, -0.1) is 0 Å². The van der Waals surface area contributed by atoms with E-state index in [2.05, 4.69) is 44.7 Å². The second kappa shape index (κ2) is 11.3. The van der Waals surface area contributed by atoms with Crippen LogP contribution in [0.3, 0.4) is 0 Å². The monoisotopic (exact) mass is 512 g/mol. The number of aromatic nitrogens is 2. The molecule has 6 nitrogen and oxygen atoms in total. The first-order chi connectivity index (χ1) is 17.1. The van der Waals surface area contributed by atoms with Gasteiger partial charge in [0.15, 0.2) is 5.11 Å². The van der Waals surface area contributed by atoms with Gasteiger partial charge in [0.05, 0.1) is 0 Å². The van der Waals surface area contributed by atoms with E-state index in [-0.39, 0.29) is 5.41 Å². The number of piperidine rings is 1. The lowest BCUT2D eigenvalue weighted by atomic mass is 9.69. The third-order valence-corrected chi connectivity index (χ3v) is 8.35. The van der Waals surface area contributed by atoms with E-state index in [0.717, 1.165) is 62.2 Å². The van der Waals surface area contributed by atoms with Gasteiger partial charge < -0.3 is 20.4 Å². The van der Waals surface area contributed by atoms with E-state index < -0.39 is 0 Å². The molecule has 1 saturated carbocycles. The van der Waals surface area contributed by atoms with Crippen LogP contribution in [0.25, 0.3) is 0 Å². The molecule has 0 unspecified atom stereocenters. The fraction of sp³-hybridized carbons (Fsp3) is 0.593. The molecule has 188 valence electrons. The zero-order chi connectivity index (χ0) is 24.1. The molecule has 1 aliphatic carbocycles. The molecule has 1 aromatic carbocycles. The molecular formula is C27H37ClN6S. The van der Waals surface area contributed by atoms with Crippen LogP contribution >= 0.6 is 23.8 Å². The molecule has 0 spiro atoms. The third kappa shape index (κ3) is 6.00. The summed E-state index contributed by atoms with van der Waals surface area (Å²) in [5, 5.41) is 8.22. The summed E-state index contributed by atoms with van der Waals surface area (Å²) in [6.07, 6.45) is 12.2. The molecule has 2 aliphatic heterocycles. The van der Waals surface area contributed by atoms with Crippen LogP contribution in [0.15, 0.2) is 30.3 Å². The molecule has 3 heterocycles. The molecule has 5 rings (SSSR count). The van der Waals surface area contributed by atoms with Crippen molar-refractivity contribution in [3.05, 3.63) is 40.9 Å². The summed E-state index contributed by atoms with van der Waals surface area (Å²) in [6, 6.07) is 10.5. The lowest BCUT2D eigenvalue weighted by molar-refractivity contribution is 0.292. The number of benzene rings is 1. The van der Waals surface area contributed by atoms with E-state index in [1.165, 1.54) is 56.9 Å². The first-order valence-electron chi connectivity index (χ1n) is 13.3. The Bertz CT molecular complexity index is 1010. The quantitative estimate of drug-likeness (QED) is 0.466. The lowest BCUT2D eigenvalue weighted by Gasteiger charge is -2.38. The molecule has 2 aromatic rings. The second-order valence-electron chi connectivity index (χ2n) is 10.3. The Balaban J connectivity index is 1.31. The normalized spacial score (nSPS) is 20.0. The van der Waals surface area contributed by atoms with Crippen molar-refractivity contribution < 1.29 is 0 Å². The average Bonchev–Trinajstić information content (AvgIpc) is 3.44. The number of thiocarbonyl (C=S) groups is 1. The molecule has 0 bridgehead atoms. The van der Waals surface area contributed by atoms with E-state index in [4.69, 9.17) is 33.8 Å². The van der Waals surface area contributed by atoms with Gasteiger partial charge >= 0.3 is 0 Å². The van der Waals surface area contributed by atoms with Crippen LogP contribution in [0.2, 0.25) is 5.02 Å². The van der Waals surface area contributed by atoms with Crippen molar-refractivity contribution in [1.82, 2.24) is 15.3 Å². The summed E-state index contributed by atoms with van der Waals surface area (Å²) < 4.78 is 0. The largest absolute Gasteiger partial charge is 0.361 e. The van der Waals surface area contributed by atoms with Crippen molar-refractivity contribution >= 4 is 46.5 Å². The molecule has 1 aromatic heterocycles. The van der Waals surface area contributed by atoms with Gasteiger partial charge in [-0.1, -0.05) is 43.0 Å². The molecule has 0 amide bonds. The number of nitrogens with one attached hydrogen (secondary N) is 2. The molecular weight excluding hydrogens is 476 g/mol. The molecule has 3 aliphatic rings. The SMILES string of the molecule is S=C(NCC1(c2cccc(Cl)c2)CCCCC1)Nc1nc(N2CCCCC2)cc(N2CCCC2)n1. The maximum absolute atomic E-state index is 6.36. The number of hydrogen-bond acceptors (Lipinski definition) is 5. The number of rotatable bonds is 6. The Morgan fingerprint density at radius 1 is 0.857 bits per heavy atom. The second-order valence-corrected chi connectivity index (χ2v) is 11.2. The summed E-state index contributed by atoms with van der Waals surface area (Å²) in [4.78, 5) is 14.5. The maximum Gasteiger partial charge on any atom is 0.232 e. The third-order valence-electron chi connectivity index (χ3n) is 7.87. The van der Waals surface area contributed by atoms with Crippen LogP contribution in [-0.2, 0) is 5.41 Å². The number of hydrogen-bond donors (Lipinski definition) is 2. The standard InChI is InChI=1S/C27H37ClN6S/c28-22-11-9-10-21(18-22)27(12-3-1-4-13-27)20-29-26(35)32-25-30-23(33-14-5-2-6-15-33)19-24(31-25)34-16-7-8-17-34/h9-11,18-19H,1-8,12-17,20H2,(H2,29,30,31,32,35). The Hall–Kier alpha value is -2.12. The summed E-state index contributed by atoms with van der Waals surface area (Å²) in [7, 11) is 0. The molecule has 8 heteroatoms. The number of halogens is 1. The zero-order valence-electron chi connectivity index (χ0n) is 20.6. The molecule has 3 fully saturated rings. The molecule has 0 radical (unpaired) electrons. The molecule has 0 atom stereocenters. The predicted molar refractivity (Wildman–Crippen MR) is 150 cm³/mol. The van der Waals surface area contributed by atoms with Crippen molar-refractivity contribution in [1.29, 1.82) is 0 Å². The van der Waals surface area contributed by atoms with Crippen LogP contribution in [0.5, 0.6) is 0 Å². The van der Waals surface area contributed by atoms with Gasteiger partial charge in [0.1, 0.15) is 11.6 Å². The van der Waals surface area contributed by atoms with Crippen molar-refractivity contribution in [2.24, 2.45) is 0 Å². The van der Waals surface area contributed by atoms with Gasteiger partial charge in [-0.25, -0.2) is 0 Å². The van der Waals surface area contributed by atoms with Crippen molar-refractivity contribution in [3.63, 3.8) is 0 Å². The summed E-state index contributed by atoms with van der Waals surface area (Å²) in [5.74, 6) is 2.61. The highest BCUT2D eigenvalue weighted by molar-refractivity contribution is 7.80. The first-order valence-corrected chi connectivity index (χ1v) is 14.1.